The molecule has 0 bridgehead atoms. The molecule has 94 valence electrons. The molecule has 2 rings (SSSR count). The maximum atomic E-state index is 9.27. The van der Waals surface area contributed by atoms with Crippen LogP contribution in [0.5, 0.6) is 5.75 Å². The molecule has 3 N–H and O–H groups in total. The second kappa shape index (κ2) is 5.69. The molecule has 1 atom stereocenters. The first-order chi connectivity index (χ1) is 8.69. The Bertz CT molecular complexity index is 488. The summed E-state index contributed by atoms with van der Waals surface area (Å²) in [6.07, 6.45) is 0.903. The molecule has 0 aromatic heterocycles. The molecule has 1 unspecified atom stereocenters. The predicted octanol–water partition coefficient (Wildman–Crippen LogP) is 2.99. The summed E-state index contributed by atoms with van der Waals surface area (Å²) >= 11 is 0. The van der Waals surface area contributed by atoms with Crippen molar-refractivity contribution >= 4 is 0 Å². The number of rotatable bonds is 4. The highest BCUT2D eigenvalue weighted by Gasteiger charge is 2.10. The SMILES string of the molecule is Cc1ccc(C(CN)Cc2ccc(O)cc2)cc1. The van der Waals surface area contributed by atoms with Crippen LogP contribution in [0, 0.1) is 6.92 Å². The molecule has 2 heteroatoms. The van der Waals surface area contributed by atoms with E-state index in [1.165, 1.54) is 16.7 Å². The van der Waals surface area contributed by atoms with E-state index in [4.69, 9.17) is 5.73 Å². The minimum absolute atomic E-state index is 0.304. The molecule has 0 saturated carbocycles. The fourth-order valence-electron chi connectivity index (χ4n) is 2.09. The van der Waals surface area contributed by atoms with Crippen LogP contribution in [0.2, 0.25) is 0 Å². The molecule has 0 aliphatic heterocycles. The smallest absolute Gasteiger partial charge is 0.115 e. The third-order valence-corrected chi connectivity index (χ3v) is 3.25. The van der Waals surface area contributed by atoms with Gasteiger partial charge in [0.15, 0.2) is 0 Å². The van der Waals surface area contributed by atoms with E-state index >= 15 is 0 Å². The van der Waals surface area contributed by atoms with Gasteiger partial charge in [-0.1, -0.05) is 42.0 Å². The van der Waals surface area contributed by atoms with Crippen LogP contribution < -0.4 is 5.73 Å². The number of aromatic hydroxyl groups is 1. The van der Waals surface area contributed by atoms with E-state index in [2.05, 4.69) is 31.2 Å². The van der Waals surface area contributed by atoms with E-state index in [-0.39, 0.29) is 0 Å². The van der Waals surface area contributed by atoms with Crippen molar-refractivity contribution in [2.75, 3.05) is 6.54 Å². The highest BCUT2D eigenvalue weighted by Crippen LogP contribution is 2.21. The van der Waals surface area contributed by atoms with Gasteiger partial charge < -0.3 is 10.8 Å². The van der Waals surface area contributed by atoms with Crippen molar-refractivity contribution in [1.82, 2.24) is 0 Å². The van der Waals surface area contributed by atoms with Gasteiger partial charge in [-0.15, -0.1) is 0 Å². The average molecular weight is 241 g/mol. The minimum atomic E-state index is 0.304. The zero-order valence-corrected chi connectivity index (χ0v) is 10.6. The Morgan fingerprint density at radius 2 is 1.61 bits per heavy atom. The normalized spacial score (nSPS) is 12.3. The van der Waals surface area contributed by atoms with E-state index in [0.717, 1.165) is 6.42 Å². The van der Waals surface area contributed by atoms with Gasteiger partial charge in [-0.25, -0.2) is 0 Å². The first-order valence-corrected chi connectivity index (χ1v) is 6.23. The van der Waals surface area contributed by atoms with Crippen LogP contribution in [-0.2, 0) is 6.42 Å². The van der Waals surface area contributed by atoms with Crippen molar-refractivity contribution < 1.29 is 5.11 Å². The molecular formula is C16H19NO. The molecule has 0 spiro atoms. The maximum Gasteiger partial charge on any atom is 0.115 e. The molecule has 0 amide bonds. The zero-order chi connectivity index (χ0) is 13.0. The van der Waals surface area contributed by atoms with E-state index in [1.54, 1.807) is 12.1 Å². The second-order valence-electron chi connectivity index (χ2n) is 4.71. The molecule has 0 aliphatic carbocycles. The second-order valence-corrected chi connectivity index (χ2v) is 4.71. The summed E-state index contributed by atoms with van der Waals surface area (Å²) in [5.41, 5.74) is 9.61. The van der Waals surface area contributed by atoms with Crippen LogP contribution >= 0.6 is 0 Å². The van der Waals surface area contributed by atoms with Gasteiger partial charge >= 0.3 is 0 Å². The summed E-state index contributed by atoms with van der Waals surface area (Å²) in [6.45, 7) is 2.71. The van der Waals surface area contributed by atoms with Crippen LogP contribution in [0.15, 0.2) is 48.5 Å². The lowest BCUT2D eigenvalue weighted by Crippen LogP contribution is -2.15. The third kappa shape index (κ3) is 3.11. The monoisotopic (exact) mass is 241 g/mol. The summed E-state index contributed by atoms with van der Waals surface area (Å²) in [6, 6.07) is 15.9. The molecular weight excluding hydrogens is 222 g/mol. The van der Waals surface area contributed by atoms with Crippen molar-refractivity contribution in [3.05, 3.63) is 65.2 Å². The Kier molecular flexibility index (Phi) is 4.00. The first kappa shape index (κ1) is 12.7. The van der Waals surface area contributed by atoms with Gasteiger partial charge in [0.25, 0.3) is 0 Å². The lowest BCUT2D eigenvalue weighted by molar-refractivity contribution is 0.475. The summed E-state index contributed by atoms with van der Waals surface area (Å²) in [5.74, 6) is 0.633. The van der Waals surface area contributed by atoms with Crippen molar-refractivity contribution in [1.29, 1.82) is 0 Å². The Morgan fingerprint density at radius 1 is 1.00 bits per heavy atom. The van der Waals surface area contributed by atoms with Crippen LogP contribution in [0.4, 0.5) is 0 Å². The summed E-state index contributed by atoms with van der Waals surface area (Å²) in [4.78, 5) is 0. The quantitative estimate of drug-likeness (QED) is 0.864. The van der Waals surface area contributed by atoms with Gasteiger partial charge in [0.05, 0.1) is 0 Å². The van der Waals surface area contributed by atoms with Crippen molar-refractivity contribution in [3.63, 3.8) is 0 Å². The predicted molar refractivity (Wildman–Crippen MR) is 74.8 cm³/mol. The Balaban J connectivity index is 2.14. The highest BCUT2D eigenvalue weighted by molar-refractivity contribution is 5.30. The lowest BCUT2D eigenvalue weighted by atomic mass is 9.91. The molecule has 18 heavy (non-hydrogen) atoms. The molecule has 0 radical (unpaired) electrons. The van der Waals surface area contributed by atoms with Gasteiger partial charge in [-0.3, -0.25) is 0 Å². The van der Waals surface area contributed by atoms with Gasteiger partial charge in [0.1, 0.15) is 5.75 Å². The Labute approximate surface area is 108 Å². The van der Waals surface area contributed by atoms with Gasteiger partial charge in [0, 0.05) is 5.92 Å². The molecule has 0 heterocycles. The Morgan fingerprint density at radius 3 is 2.17 bits per heavy atom. The van der Waals surface area contributed by atoms with E-state index in [9.17, 15) is 5.11 Å². The zero-order valence-electron chi connectivity index (χ0n) is 10.6. The number of hydrogen-bond donors (Lipinski definition) is 2. The van der Waals surface area contributed by atoms with Crippen molar-refractivity contribution in [2.24, 2.45) is 5.73 Å². The van der Waals surface area contributed by atoms with Crippen LogP contribution in [0.3, 0.4) is 0 Å². The van der Waals surface area contributed by atoms with Crippen LogP contribution in [0.1, 0.15) is 22.6 Å². The standard InChI is InChI=1S/C16H19NO/c1-12-2-6-14(7-3-12)15(11-17)10-13-4-8-16(18)9-5-13/h2-9,15,18H,10-11,17H2,1H3. The number of hydrogen-bond acceptors (Lipinski definition) is 2. The summed E-state index contributed by atoms with van der Waals surface area (Å²) < 4.78 is 0. The van der Waals surface area contributed by atoms with Crippen molar-refractivity contribution in [3.8, 4) is 5.75 Å². The van der Waals surface area contributed by atoms with Gasteiger partial charge in [0.2, 0.25) is 0 Å². The molecule has 2 aromatic carbocycles. The fourth-order valence-corrected chi connectivity index (χ4v) is 2.09. The van der Waals surface area contributed by atoms with Crippen LogP contribution in [-0.4, -0.2) is 11.7 Å². The van der Waals surface area contributed by atoms with Gasteiger partial charge in [-0.05, 0) is 43.1 Å². The first-order valence-electron chi connectivity index (χ1n) is 6.23. The number of benzene rings is 2. The minimum Gasteiger partial charge on any atom is -0.508 e. The van der Waals surface area contributed by atoms with E-state index in [0.29, 0.717) is 18.2 Å². The summed E-state index contributed by atoms with van der Waals surface area (Å²) in [7, 11) is 0. The molecule has 0 aliphatic rings. The largest absolute Gasteiger partial charge is 0.508 e. The summed E-state index contributed by atoms with van der Waals surface area (Å²) in [5, 5.41) is 9.27. The third-order valence-electron chi connectivity index (χ3n) is 3.25. The number of nitrogens with two attached hydrogens (primary N) is 1. The fraction of sp³-hybridized carbons (Fsp3) is 0.250. The molecule has 0 fully saturated rings. The average Bonchev–Trinajstić information content (AvgIpc) is 2.39. The lowest BCUT2D eigenvalue weighted by Gasteiger charge is -2.15. The van der Waals surface area contributed by atoms with E-state index in [1.807, 2.05) is 12.1 Å². The molecule has 0 saturated heterocycles. The Hall–Kier alpha value is -1.80. The molecule has 2 aromatic rings. The topological polar surface area (TPSA) is 46.2 Å². The van der Waals surface area contributed by atoms with E-state index < -0.39 is 0 Å². The highest BCUT2D eigenvalue weighted by atomic mass is 16.3. The number of aryl methyl sites for hydroxylation is 1. The van der Waals surface area contributed by atoms with Crippen molar-refractivity contribution in [2.45, 2.75) is 19.3 Å². The number of phenolic OH excluding ortho intramolecular Hbond substituents is 1. The maximum absolute atomic E-state index is 9.27. The van der Waals surface area contributed by atoms with Crippen LogP contribution in [0.25, 0.3) is 0 Å². The molecule has 2 nitrogen and oxygen atoms in total. The number of phenols is 1. The van der Waals surface area contributed by atoms with Gasteiger partial charge in [-0.2, -0.15) is 0 Å².